The summed E-state index contributed by atoms with van der Waals surface area (Å²) in [5.74, 6) is 2.11. The standard InChI is InChI=1S/C13H28N2S/c1-10(2)8-12(15(4)5)9-14-13-6-7-16-11(13)3/h10-14H,6-9H2,1-5H3. The van der Waals surface area contributed by atoms with E-state index >= 15 is 0 Å². The lowest BCUT2D eigenvalue weighted by atomic mass is 10.0. The molecule has 0 spiro atoms. The predicted octanol–water partition coefficient (Wildman–Crippen LogP) is 2.45. The molecule has 1 rings (SSSR count). The Morgan fingerprint density at radius 3 is 2.50 bits per heavy atom. The summed E-state index contributed by atoms with van der Waals surface area (Å²) in [6.07, 6.45) is 2.63. The van der Waals surface area contributed by atoms with Gasteiger partial charge in [-0.3, -0.25) is 0 Å². The minimum absolute atomic E-state index is 0.679. The van der Waals surface area contributed by atoms with Crippen molar-refractivity contribution in [3.05, 3.63) is 0 Å². The predicted molar refractivity (Wildman–Crippen MR) is 75.3 cm³/mol. The van der Waals surface area contributed by atoms with E-state index in [9.17, 15) is 0 Å². The number of nitrogens with one attached hydrogen (secondary N) is 1. The molecule has 0 aromatic heterocycles. The van der Waals surface area contributed by atoms with Crippen LogP contribution < -0.4 is 5.32 Å². The largest absolute Gasteiger partial charge is 0.311 e. The molecule has 1 aliphatic heterocycles. The molecule has 1 fully saturated rings. The summed E-state index contributed by atoms with van der Waals surface area (Å²) in [4.78, 5) is 2.36. The number of hydrogen-bond donors (Lipinski definition) is 1. The maximum Gasteiger partial charge on any atom is 0.0217 e. The molecular weight excluding hydrogens is 216 g/mol. The van der Waals surface area contributed by atoms with Gasteiger partial charge in [-0.15, -0.1) is 0 Å². The monoisotopic (exact) mass is 244 g/mol. The van der Waals surface area contributed by atoms with Crippen LogP contribution in [-0.2, 0) is 0 Å². The Balaban J connectivity index is 2.31. The molecule has 1 N–H and O–H groups in total. The number of thioether (sulfide) groups is 1. The van der Waals surface area contributed by atoms with Crippen molar-refractivity contribution in [2.24, 2.45) is 5.92 Å². The van der Waals surface area contributed by atoms with E-state index in [1.54, 1.807) is 0 Å². The van der Waals surface area contributed by atoms with E-state index in [1.165, 1.54) is 18.6 Å². The van der Waals surface area contributed by atoms with E-state index in [2.05, 4.69) is 56.8 Å². The van der Waals surface area contributed by atoms with Gasteiger partial charge in [0.25, 0.3) is 0 Å². The molecular formula is C13H28N2S. The van der Waals surface area contributed by atoms with E-state index in [0.29, 0.717) is 6.04 Å². The fourth-order valence-corrected chi connectivity index (χ4v) is 3.53. The van der Waals surface area contributed by atoms with E-state index in [1.807, 2.05) is 0 Å². The summed E-state index contributed by atoms with van der Waals surface area (Å²) >= 11 is 2.10. The summed E-state index contributed by atoms with van der Waals surface area (Å²) in [6.45, 7) is 8.11. The Morgan fingerprint density at radius 1 is 1.38 bits per heavy atom. The van der Waals surface area contributed by atoms with Crippen LogP contribution in [0.25, 0.3) is 0 Å². The van der Waals surface area contributed by atoms with Crippen molar-refractivity contribution in [2.45, 2.75) is 50.9 Å². The molecule has 0 aromatic carbocycles. The van der Waals surface area contributed by atoms with Gasteiger partial charge in [-0.05, 0) is 38.6 Å². The topological polar surface area (TPSA) is 15.3 Å². The molecule has 0 saturated carbocycles. The van der Waals surface area contributed by atoms with Gasteiger partial charge in [0.05, 0.1) is 0 Å². The van der Waals surface area contributed by atoms with Crippen LogP contribution in [0.4, 0.5) is 0 Å². The number of nitrogens with zero attached hydrogens (tertiary/aromatic N) is 1. The van der Waals surface area contributed by atoms with Crippen LogP contribution >= 0.6 is 11.8 Å². The average Bonchev–Trinajstić information content (AvgIpc) is 2.57. The van der Waals surface area contributed by atoms with Crippen molar-refractivity contribution in [3.8, 4) is 0 Å². The Hall–Kier alpha value is 0.270. The zero-order valence-electron chi connectivity index (χ0n) is 11.5. The van der Waals surface area contributed by atoms with Gasteiger partial charge in [0, 0.05) is 23.9 Å². The van der Waals surface area contributed by atoms with E-state index < -0.39 is 0 Å². The van der Waals surface area contributed by atoms with Gasteiger partial charge in [-0.25, -0.2) is 0 Å². The lowest BCUT2D eigenvalue weighted by Gasteiger charge is -2.28. The first-order chi connectivity index (χ1) is 7.50. The van der Waals surface area contributed by atoms with Gasteiger partial charge in [-0.1, -0.05) is 20.8 Å². The fraction of sp³-hybridized carbons (Fsp3) is 1.00. The molecule has 96 valence electrons. The summed E-state index contributed by atoms with van der Waals surface area (Å²) in [5.41, 5.74) is 0. The van der Waals surface area contributed by atoms with E-state index in [0.717, 1.165) is 23.8 Å². The van der Waals surface area contributed by atoms with Crippen molar-refractivity contribution in [2.75, 3.05) is 26.4 Å². The molecule has 1 aliphatic rings. The van der Waals surface area contributed by atoms with Crippen LogP contribution in [0.15, 0.2) is 0 Å². The Bertz CT molecular complexity index is 194. The maximum atomic E-state index is 3.76. The van der Waals surface area contributed by atoms with Gasteiger partial charge in [-0.2, -0.15) is 11.8 Å². The molecule has 1 saturated heterocycles. The molecule has 0 aliphatic carbocycles. The molecule has 2 nitrogen and oxygen atoms in total. The third-order valence-electron chi connectivity index (χ3n) is 3.47. The van der Waals surface area contributed by atoms with Gasteiger partial charge in [0.2, 0.25) is 0 Å². The highest BCUT2D eigenvalue weighted by molar-refractivity contribution is 8.00. The molecule has 1 heterocycles. The highest BCUT2D eigenvalue weighted by atomic mass is 32.2. The fourth-order valence-electron chi connectivity index (χ4n) is 2.31. The lowest BCUT2D eigenvalue weighted by Crippen LogP contribution is -2.44. The first kappa shape index (κ1) is 14.3. The van der Waals surface area contributed by atoms with E-state index in [4.69, 9.17) is 0 Å². The second kappa shape index (κ2) is 6.87. The molecule has 0 radical (unpaired) electrons. The van der Waals surface area contributed by atoms with Gasteiger partial charge in [0.15, 0.2) is 0 Å². The molecule has 3 unspecified atom stereocenters. The minimum atomic E-state index is 0.679. The van der Waals surface area contributed by atoms with Crippen LogP contribution in [0.5, 0.6) is 0 Å². The Morgan fingerprint density at radius 2 is 2.06 bits per heavy atom. The first-order valence-electron chi connectivity index (χ1n) is 6.52. The SMILES string of the molecule is CC(C)CC(CNC1CCSC1C)N(C)C. The third-order valence-corrected chi connectivity index (χ3v) is 4.79. The molecule has 3 heteroatoms. The van der Waals surface area contributed by atoms with Gasteiger partial charge in [0.1, 0.15) is 0 Å². The van der Waals surface area contributed by atoms with Crippen molar-refractivity contribution < 1.29 is 0 Å². The number of hydrogen-bond acceptors (Lipinski definition) is 3. The van der Waals surface area contributed by atoms with Crippen molar-refractivity contribution >= 4 is 11.8 Å². The van der Waals surface area contributed by atoms with E-state index in [-0.39, 0.29) is 0 Å². The molecule has 3 atom stereocenters. The molecule has 0 amide bonds. The van der Waals surface area contributed by atoms with Crippen LogP contribution in [0.1, 0.15) is 33.6 Å². The summed E-state index contributed by atoms with van der Waals surface area (Å²) in [6, 6.07) is 1.41. The summed E-state index contributed by atoms with van der Waals surface area (Å²) in [7, 11) is 4.39. The molecule has 0 aromatic rings. The van der Waals surface area contributed by atoms with Crippen LogP contribution in [0, 0.1) is 5.92 Å². The quantitative estimate of drug-likeness (QED) is 0.772. The summed E-state index contributed by atoms with van der Waals surface area (Å²) in [5, 5.41) is 4.55. The van der Waals surface area contributed by atoms with Crippen LogP contribution in [0.2, 0.25) is 0 Å². The third kappa shape index (κ3) is 4.64. The minimum Gasteiger partial charge on any atom is -0.311 e. The van der Waals surface area contributed by atoms with Crippen molar-refractivity contribution in [1.82, 2.24) is 10.2 Å². The Kier molecular flexibility index (Phi) is 6.16. The zero-order chi connectivity index (χ0) is 12.1. The number of rotatable bonds is 6. The van der Waals surface area contributed by atoms with Crippen molar-refractivity contribution in [1.29, 1.82) is 0 Å². The highest BCUT2D eigenvalue weighted by Gasteiger charge is 2.24. The normalized spacial score (nSPS) is 27.9. The smallest absolute Gasteiger partial charge is 0.0217 e. The maximum absolute atomic E-state index is 3.76. The Labute approximate surface area is 106 Å². The lowest BCUT2D eigenvalue weighted by molar-refractivity contribution is 0.240. The zero-order valence-corrected chi connectivity index (χ0v) is 12.3. The van der Waals surface area contributed by atoms with Crippen LogP contribution in [-0.4, -0.2) is 48.6 Å². The second-order valence-corrected chi connectivity index (χ2v) is 7.11. The second-order valence-electron chi connectivity index (χ2n) is 5.63. The van der Waals surface area contributed by atoms with Gasteiger partial charge < -0.3 is 10.2 Å². The molecule has 16 heavy (non-hydrogen) atoms. The highest BCUT2D eigenvalue weighted by Crippen LogP contribution is 2.26. The van der Waals surface area contributed by atoms with Gasteiger partial charge >= 0.3 is 0 Å². The van der Waals surface area contributed by atoms with Crippen LogP contribution in [0.3, 0.4) is 0 Å². The average molecular weight is 244 g/mol. The first-order valence-corrected chi connectivity index (χ1v) is 7.57. The molecule has 0 bridgehead atoms. The van der Waals surface area contributed by atoms with Crippen molar-refractivity contribution in [3.63, 3.8) is 0 Å². The summed E-state index contributed by atoms with van der Waals surface area (Å²) < 4.78 is 0. The number of likely N-dealkylation sites (N-methyl/N-ethyl adjacent to an activating group) is 1.